The van der Waals surface area contributed by atoms with Gasteiger partial charge < -0.3 is 4.74 Å². The second-order valence-electron chi connectivity index (χ2n) is 11.2. The van der Waals surface area contributed by atoms with Crippen LogP contribution >= 0.6 is 10.7 Å². The fraction of sp³-hybridized carbons (Fsp3) is 0.429. The van der Waals surface area contributed by atoms with Gasteiger partial charge in [-0.1, -0.05) is 73.0 Å². The van der Waals surface area contributed by atoms with Crippen LogP contribution in [0.3, 0.4) is 0 Å². The number of ether oxygens (including phenoxy) is 1. The SMILES string of the molecule is C1CCOC1.CCC1=CC=CC1.CCc1cccn1S(=O)(=O)c1c(C)cc(C)cc1C.Cc1cc(C)c(S(=O)(=O)Cl)c(C)c1. The standard InChI is InChI=1S/C15H19NO2S.C9H11ClO2S.C7H10.C4H8O/c1-5-14-7-6-8-16(14)19(17,18)15-12(3)9-11(2)10-13(15)4;1-6-4-7(2)9(8(3)5-6)13(10,11)12;1-2-7-5-3-4-6-7;1-2-4-5-3-1/h6-10H,5H2,1-4H3;4-5H,1-3H3;3-5H,2,6H2,1H3;1-4H2. The van der Waals surface area contributed by atoms with E-state index in [1.807, 2.05) is 65.0 Å². The predicted octanol–water partition coefficient (Wildman–Crippen LogP) is 8.83. The van der Waals surface area contributed by atoms with Crippen LogP contribution in [0.4, 0.5) is 0 Å². The van der Waals surface area contributed by atoms with Crippen LogP contribution in [0, 0.1) is 41.5 Å². The molecule has 0 atom stereocenters. The van der Waals surface area contributed by atoms with Gasteiger partial charge in [-0.05, 0) is 108 Å². The van der Waals surface area contributed by atoms with Gasteiger partial charge in [-0.25, -0.2) is 20.8 Å². The number of hydrogen-bond acceptors (Lipinski definition) is 5. The first-order valence-electron chi connectivity index (χ1n) is 15.1. The van der Waals surface area contributed by atoms with Crippen LogP contribution < -0.4 is 0 Å². The van der Waals surface area contributed by atoms with Crippen LogP contribution in [-0.4, -0.2) is 34.0 Å². The van der Waals surface area contributed by atoms with Crippen molar-refractivity contribution >= 4 is 29.8 Å². The molecule has 9 heteroatoms. The Morgan fingerprint density at radius 2 is 1.27 bits per heavy atom. The van der Waals surface area contributed by atoms with Gasteiger partial charge in [-0.2, -0.15) is 0 Å². The number of rotatable bonds is 5. The third-order valence-electron chi connectivity index (χ3n) is 7.25. The molecular weight excluding hydrogens is 614 g/mol. The highest BCUT2D eigenvalue weighted by atomic mass is 35.7. The number of allylic oxidation sites excluding steroid dienone is 4. The minimum atomic E-state index is -3.61. The summed E-state index contributed by atoms with van der Waals surface area (Å²) in [6, 6.07) is 11.1. The average Bonchev–Trinajstić information content (AvgIpc) is 3.71. The number of halogens is 1. The van der Waals surface area contributed by atoms with Gasteiger partial charge in [0.1, 0.15) is 0 Å². The second kappa shape index (κ2) is 17.2. The summed E-state index contributed by atoms with van der Waals surface area (Å²) >= 11 is 0. The number of aryl methyl sites for hydroxylation is 7. The van der Waals surface area contributed by atoms with Gasteiger partial charge in [0.15, 0.2) is 0 Å². The van der Waals surface area contributed by atoms with Crippen molar-refractivity contribution in [2.75, 3.05) is 13.2 Å². The molecule has 0 bridgehead atoms. The van der Waals surface area contributed by atoms with E-state index in [0.29, 0.717) is 22.4 Å². The first-order chi connectivity index (χ1) is 20.6. The molecule has 44 heavy (non-hydrogen) atoms. The second-order valence-corrected chi connectivity index (χ2v) is 15.4. The molecular formula is C35H48ClNO5S2. The van der Waals surface area contributed by atoms with E-state index in [1.54, 1.807) is 31.7 Å². The van der Waals surface area contributed by atoms with E-state index in [0.717, 1.165) is 41.2 Å². The molecule has 1 aliphatic carbocycles. The van der Waals surface area contributed by atoms with Gasteiger partial charge in [0.05, 0.1) is 9.79 Å². The monoisotopic (exact) mass is 661 g/mol. The van der Waals surface area contributed by atoms with Gasteiger partial charge >= 0.3 is 0 Å². The highest BCUT2D eigenvalue weighted by molar-refractivity contribution is 8.13. The minimum absolute atomic E-state index is 0.236. The van der Waals surface area contributed by atoms with Crippen molar-refractivity contribution in [3.05, 3.63) is 105 Å². The summed E-state index contributed by atoms with van der Waals surface area (Å²) in [6.07, 6.45) is 13.8. The summed E-state index contributed by atoms with van der Waals surface area (Å²) in [7, 11) is -1.81. The summed E-state index contributed by atoms with van der Waals surface area (Å²) in [5.74, 6) is 0. The predicted molar refractivity (Wildman–Crippen MR) is 183 cm³/mol. The van der Waals surface area contributed by atoms with Crippen LogP contribution in [0.1, 0.15) is 78.6 Å². The molecule has 2 aromatic carbocycles. The molecule has 6 nitrogen and oxygen atoms in total. The molecule has 0 saturated carbocycles. The van der Waals surface area contributed by atoms with Crippen molar-refractivity contribution in [2.24, 2.45) is 0 Å². The van der Waals surface area contributed by atoms with Crippen molar-refractivity contribution in [2.45, 2.75) is 97.3 Å². The highest BCUT2D eigenvalue weighted by Crippen LogP contribution is 2.26. The maximum Gasteiger partial charge on any atom is 0.268 e. The first kappa shape index (κ1) is 37.5. The molecule has 1 fully saturated rings. The third-order valence-corrected chi connectivity index (χ3v) is 10.9. The topological polar surface area (TPSA) is 82.4 Å². The number of hydrogen-bond donors (Lipinski definition) is 0. The quantitative estimate of drug-likeness (QED) is 0.255. The van der Waals surface area contributed by atoms with Gasteiger partial charge in [0.25, 0.3) is 19.1 Å². The van der Waals surface area contributed by atoms with Crippen molar-refractivity contribution in [3.63, 3.8) is 0 Å². The maximum absolute atomic E-state index is 12.8. The molecule has 1 aromatic heterocycles. The van der Waals surface area contributed by atoms with Crippen molar-refractivity contribution in [1.82, 2.24) is 3.97 Å². The smallest absolute Gasteiger partial charge is 0.268 e. The lowest BCUT2D eigenvalue weighted by Gasteiger charge is -2.15. The van der Waals surface area contributed by atoms with E-state index in [4.69, 9.17) is 15.4 Å². The molecule has 0 spiro atoms. The van der Waals surface area contributed by atoms with Gasteiger partial charge in [0.2, 0.25) is 0 Å². The van der Waals surface area contributed by atoms with Crippen molar-refractivity contribution < 1.29 is 21.6 Å². The Balaban J connectivity index is 0.000000231. The summed E-state index contributed by atoms with van der Waals surface area (Å²) in [6.45, 7) is 17.2. The van der Waals surface area contributed by atoms with E-state index >= 15 is 0 Å². The molecule has 2 aliphatic rings. The third kappa shape index (κ3) is 10.8. The van der Waals surface area contributed by atoms with E-state index < -0.39 is 19.1 Å². The molecule has 5 rings (SSSR count). The Hall–Kier alpha value is -2.65. The maximum atomic E-state index is 12.8. The zero-order valence-corrected chi connectivity index (χ0v) is 29.8. The average molecular weight is 662 g/mol. The Bertz CT molecular complexity index is 1630. The van der Waals surface area contributed by atoms with Crippen LogP contribution in [0.5, 0.6) is 0 Å². The summed E-state index contributed by atoms with van der Waals surface area (Å²) < 4.78 is 54.2. The lowest BCUT2D eigenvalue weighted by Crippen LogP contribution is -2.17. The van der Waals surface area contributed by atoms with E-state index in [1.165, 1.54) is 29.7 Å². The Kier molecular flexibility index (Phi) is 14.6. The molecule has 0 N–H and O–H groups in total. The fourth-order valence-corrected chi connectivity index (χ4v) is 8.87. The van der Waals surface area contributed by atoms with Gasteiger partial charge in [-0.15, -0.1) is 0 Å². The molecule has 0 unspecified atom stereocenters. The molecule has 242 valence electrons. The zero-order valence-electron chi connectivity index (χ0n) is 27.4. The number of nitrogens with zero attached hydrogens (tertiary/aromatic N) is 1. The van der Waals surface area contributed by atoms with Gasteiger partial charge in [0, 0.05) is 35.8 Å². The Morgan fingerprint density at radius 3 is 1.61 bits per heavy atom. The molecule has 2 heterocycles. The molecule has 1 saturated heterocycles. The lowest BCUT2D eigenvalue weighted by atomic mass is 10.1. The molecule has 1 aliphatic heterocycles. The van der Waals surface area contributed by atoms with Gasteiger partial charge in [-0.3, -0.25) is 0 Å². The van der Waals surface area contributed by atoms with Crippen molar-refractivity contribution in [3.8, 4) is 0 Å². The van der Waals surface area contributed by atoms with E-state index in [-0.39, 0.29) is 4.90 Å². The lowest BCUT2D eigenvalue weighted by molar-refractivity contribution is 0.198. The fourth-order valence-electron chi connectivity index (χ4n) is 5.40. The van der Waals surface area contributed by atoms with Crippen LogP contribution in [0.15, 0.2) is 76.2 Å². The van der Waals surface area contributed by atoms with Crippen LogP contribution in [-0.2, 0) is 30.2 Å². The van der Waals surface area contributed by atoms with E-state index in [2.05, 4.69) is 25.2 Å². The largest absolute Gasteiger partial charge is 0.381 e. The highest BCUT2D eigenvalue weighted by Gasteiger charge is 2.23. The summed E-state index contributed by atoms with van der Waals surface area (Å²) in [5, 5.41) is 0. The zero-order chi connectivity index (χ0) is 33.1. The number of aromatic nitrogens is 1. The van der Waals surface area contributed by atoms with E-state index in [9.17, 15) is 16.8 Å². The normalized spacial score (nSPS) is 14.1. The first-order valence-corrected chi connectivity index (χ1v) is 18.8. The number of benzene rings is 2. The summed E-state index contributed by atoms with van der Waals surface area (Å²) in [4.78, 5) is 0.656. The Morgan fingerprint density at radius 1 is 0.773 bits per heavy atom. The van der Waals surface area contributed by atoms with Crippen molar-refractivity contribution in [1.29, 1.82) is 0 Å². The van der Waals surface area contributed by atoms with Crippen LogP contribution in [0.2, 0.25) is 0 Å². The minimum Gasteiger partial charge on any atom is -0.381 e. The molecule has 3 aromatic rings. The Labute approximate surface area is 270 Å². The summed E-state index contributed by atoms with van der Waals surface area (Å²) in [5.41, 5.74) is 7.48. The molecule has 0 amide bonds. The van der Waals surface area contributed by atoms with Crippen LogP contribution in [0.25, 0.3) is 0 Å². The molecule has 0 radical (unpaired) electrons.